The monoisotopic (exact) mass is 544 g/mol. The zero-order valence-corrected chi connectivity index (χ0v) is 23.0. The van der Waals surface area contributed by atoms with Gasteiger partial charge in [0.25, 0.3) is 0 Å². The summed E-state index contributed by atoms with van der Waals surface area (Å²) in [7, 11) is 0. The number of rotatable bonds is 11. The van der Waals surface area contributed by atoms with Crippen molar-refractivity contribution in [2.75, 3.05) is 26.2 Å². The molecule has 1 amide bonds. The first-order valence-corrected chi connectivity index (χ1v) is 13.3. The van der Waals surface area contributed by atoms with Crippen molar-refractivity contribution >= 4 is 28.8 Å². The molecule has 38 heavy (non-hydrogen) atoms. The molecule has 0 spiro atoms. The third-order valence-electron chi connectivity index (χ3n) is 5.76. The lowest BCUT2D eigenvalue weighted by Crippen LogP contribution is -2.48. The SMILES string of the molecule is CC(C)(C)OC(=O)N[C@@H](Cc1ccccc1)C(=O)OC(CON=C(Cl)c1cccnc1)CN1CCCCC1. The fourth-order valence-corrected chi connectivity index (χ4v) is 4.17. The lowest BCUT2D eigenvalue weighted by atomic mass is 10.1. The number of hydrogen-bond acceptors (Lipinski definition) is 8. The second-order valence-corrected chi connectivity index (χ2v) is 10.6. The number of pyridine rings is 1. The molecule has 1 fully saturated rings. The van der Waals surface area contributed by atoms with Gasteiger partial charge in [-0.05, 0) is 64.4 Å². The van der Waals surface area contributed by atoms with Gasteiger partial charge >= 0.3 is 12.1 Å². The quantitative estimate of drug-likeness (QED) is 0.252. The number of carbonyl (C=O) groups is 2. The van der Waals surface area contributed by atoms with Crippen molar-refractivity contribution in [3.8, 4) is 0 Å². The molecule has 1 aliphatic rings. The molecule has 2 atom stereocenters. The molecule has 2 aromatic rings. The van der Waals surface area contributed by atoms with E-state index < -0.39 is 29.8 Å². The second kappa shape index (κ2) is 14.7. The first-order chi connectivity index (χ1) is 18.2. The van der Waals surface area contributed by atoms with Crippen molar-refractivity contribution in [1.82, 2.24) is 15.2 Å². The molecule has 9 nitrogen and oxygen atoms in total. The summed E-state index contributed by atoms with van der Waals surface area (Å²) in [6.07, 6.45) is 5.51. The van der Waals surface area contributed by atoms with Crippen LogP contribution < -0.4 is 5.32 Å². The summed E-state index contributed by atoms with van der Waals surface area (Å²) in [5, 5.41) is 6.81. The van der Waals surface area contributed by atoms with Crippen LogP contribution in [0.4, 0.5) is 4.79 Å². The molecule has 10 heteroatoms. The fraction of sp³-hybridized carbons (Fsp3) is 0.500. The summed E-state index contributed by atoms with van der Waals surface area (Å²) >= 11 is 6.24. The maximum atomic E-state index is 13.4. The third-order valence-corrected chi connectivity index (χ3v) is 6.04. The molecule has 2 heterocycles. The minimum Gasteiger partial charge on any atom is -0.456 e. The highest BCUT2D eigenvalue weighted by Gasteiger charge is 2.29. The molecule has 3 rings (SSSR count). The summed E-state index contributed by atoms with van der Waals surface area (Å²) in [5.74, 6) is -0.576. The summed E-state index contributed by atoms with van der Waals surface area (Å²) < 4.78 is 11.3. The van der Waals surface area contributed by atoms with Crippen LogP contribution >= 0.6 is 11.6 Å². The molecule has 1 unspecified atom stereocenters. The molecular formula is C28H37ClN4O5. The lowest BCUT2D eigenvalue weighted by Gasteiger charge is -2.30. The number of nitrogens with zero attached hydrogens (tertiary/aromatic N) is 3. The van der Waals surface area contributed by atoms with E-state index in [0.29, 0.717) is 12.1 Å². The first kappa shape index (κ1) is 29.4. The van der Waals surface area contributed by atoms with Crippen LogP contribution in [0.25, 0.3) is 0 Å². The molecule has 0 bridgehead atoms. The number of hydrogen-bond donors (Lipinski definition) is 1. The molecule has 0 aliphatic carbocycles. The Morgan fingerprint density at radius 2 is 1.84 bits per heavy atom. The van der Waals surface area contributed by atoms with Gasteiger partial charge in [-0.1, -0.05) is 53.5 Å². The standard InChI is InChI=1S/C28H37ClN4O5/c1-28(2,3)38-27(35)31-24(17-21-11-6-4-7-12-21)26(34)37-23(19-33-15-8-5-9-16-33)20-36-32-25(29)22-13-10-14-30-18-22/h4,6-7,10-14,18,23-24H,5,8-9,15-17,19-20H2,1-3H3,(H,31,35)/t23?,24-/m0/s1. The molecule has 1 aromatic carbocycles. The van der Waals surface area contributed by atoms with Gasteiger partial charge in [0.05, 0.1) is 0 Å². The van der Waals surface area contributed by atoms with Crippen molar-refractivity contribution < 1.29 is 23.9 Å². The van der Waals surface area contributed by atoms with E-state index in [4.69, 9.17) is 25.9 Å². The van der Waals surface area contributed by atoms with Crippen molar-refractivity contribution in [2.24, 2.45) is 5.16 Å². The second-order valence-electron chi connectivity index (χ2n) is 10.2. The van der Waals surface area contributed by atoms with Crippen LogP contribution in [0.15, 0.2) is 60.0 Å². The average molecular weight is 545 g/mol. The van der Waals surface area contributed by atoms with Crippen molar-refractivity contribution in [1.29, 1.82) is 0 Å². The summed E-state index contributed by atoms with van der Waals surface area (Å²) in [4.78, 5) is 37.7. The van der Waals surface area contributed by atoms with Crippen LogP contribution in [0.2, 0.25) is 0 Å². The van der Waals surface area contributed by atoms with Crippen LogP contribution in [0.5, 0.6) is 0 Å². The Kier molecular flexibility index (Phi) is 11.4. The van der Waals surface area contributed by atoms with Gasteiger partial charge < -0.3 is 19.6 Å². The maximum Gasteiger partial charge on any atom is 0.408 e. The van der Waals surface area contributed by atoms with E-state index in [-0.39, 0.29) is 18.2 Å². The van der Waals surface area contributed by atoms with Crippen LogP contribution in [-0.2, 0) is 25.5 Å². The van der Waals surface area contributed by atoms with Gasteiger partial charge in [-0.15, -0.1) is 0 Å². The van der Waals surface area contributed by atoms with Gasteiger partial charge in [-0.2, -0.15) is 0 Å². The topological polar surface area (TPSA) is 102 Å². The first-order valence-electron chi connectivity index (χ1n) is 12.9. The number of nitrogens with one attached hydrogen (secondary N) is 1. The van der Waals surface area contributed by atoms with Crippen LogP contribution in [0.3, 0.4) is 0 Å². The number of halogens is 1. The summed E-state index contributed by atoms with van der Waals surface area (Å²) in [6, 6.07) is 12.0. The highest BCUT2D eigenvalue weighted by atomic mass is 35.5. The van der Waals surface area contributed by atoms with E-state index in [0.717, 1.165) is 31.5 Å². The zero-order valence-electron chi connectivity index (χ0n) is 22.3. The number of aromatic nitrogens is 1. The van der Waals surface area contributed by atoms with Gasteiger partial charge in [0.2, 0.25) is 0 Å². The van der Waals surface area contributed by atoms with E-state index in [1.165, 1.54) is 6.42 Å². The van der Waals surface area contributed by atoms with E-state index in [1.807, 2.05) is 30.3 Å². The number of ether oxygens (including phenoxy) is 2. The van der Waals surface area contributed by atoms with E-state index in [1.54, 1.807) is 45.3 Å². The smallest absolute Gasteiger partial charge is 0.408 e. The minimum absolute atomic E-state index is 0.00319. The van der Waals surface area contributed by atoms with E-state index in [9.17, 15) is 9.59 Å². The Morgan fingerprint density at radius 1 is 1.11 bits per heavy atom. The summed E-state index contributed by atoms with van der Waals surface area (Å²) in [5.41, 5.74) is 0.784. The van der Waals surface area contributed by atoms with Gasteiger partial charge in [0, 0.05) is 30.9 Å². The predicted molar refractivity (Wildman–Crippen MR) is 146 cm³/mol. The van der Waals surface area contributed by atoms with Crippen LogP contribution in [0, 0.1) is 0 Å². The Hall–Kier alpha value is -3.17. The molecule has 1 aromatic heterocycles. The number of alkyl carbamates (subject to hydrolysis) is 1. The molecular weight excluding hydrogens is 508 g/mol. The van der Waals surface area contributed by atoms with Crippen molar-refractivity contribution in [2.45, 2.75) is 64.2 Å². The third kappa shape index (κ3) is 10.7. The van der Waals surface area contributed by atoms with E-state index in [2.05, 4.69) is 20.4 Å². The fourth-order valence-electron chi connectivity index (χ4n) is 4.01. The van der Waals surface area contributed by atoms with Gasteiger partial charge in [0.15, 0.2) is 17.9 Å². The largest absolute Gasteiger partial charge is 0.456 e. The van der Waals surface area contributed by atoms with Gasteiger partial charge in [-0.3, -0.25) is 9.88 Å². The number of likely N-dealkylation sites (tertiary alicyclic amines) is 1. The molecule has 1 N–H and O–H groups in total. The molecule has 0 saturated carbocycles. The average Bonchev–Trinajstić information content (AvgIpc) is 2.89. The number of benzene rings is 1. The van der Waals surface area contributed by atoms with Crippen LogP contribution in [-0.4, -0.2) is 71.1 Å². The Balaban J connectivity index is 1.71. The van der Waals surface area contributed by atoms with Gasteiger partial charge in [-0.25, -0.2) is 9.59 Å². The van der Waals surface area contributed by atoms with E-state index >= 15 is 0 Å². The number of carbonyl (C=O) groups excluding carboxylic acids is 2. The number of oxime groups is 1. The lowest BCUT2D eigenvalue weighted by molar-refractivity contribution is -0.156. The van der Waals surface area contributed by atoms with Crippen molar-refractivity contribution in [3.05, 3.63) is 66.0 Å². The number of amides is 1. The highest BCUT2D eigenvalue weighted by Crippen LogP contribution is 2.14. The molecule has 0 radical (unpaired) electrons. The minimum atomic E-state index is -0.946. The Labute approximate surface area is 229 Å². The summed E-state index contributed by atoms with van der Waals surface area (Å²) in [6.45, 7) is 7.61. The van der Waals surface area contributed by atoms with Crippen LogP contribution in [0.1, 0.15) is 51.2 Å². The normalized spacial score (nSPS) is 16.3. The zero-order chi connectivity index (χ0) is 27.4. The highest BCUT2D eigenvalue weighted by molar-refractivity contribution is 6.69. The van der Waals surface area contributed by atoms with Crippen molar-refractivity contribution in [3.63, 3.8) is 0 Å². The number of esters is 1. The Morgan fingerprint density at radius 3 is 2.50 bits per heavy atom. The molecule has 206 valence electrons. The Bertz CT molecular complexity index is 1040. The van der Waals surface area contributed by atoms with Gasteiger partial charge in [0.1, 0.15) is 11.6 Å². The maximum absolute atomic E-state index is 13.4. The number of piperidine rings is 1. The molecule has 1 aliphatic heterocycles. The predicted octanol–water partition coefficient (Wildman–Crippen LogP) is 4.53. The molecule has 1 saturated heterocycles.